The van der Waals surface area contributed by atoms with E-state index < -0.39 is 28.8 Å². The molecule has 0 saturated carbocycles. The fourth-order valence-corrected chi connectivity index (χ4v) is 3.82. The first-order valence-electron chi connectivity index (χ1n) is 10.1. The summed E-state index contributed by atoms with van der Waals surface area (Å²) in [4.78, 5) is 12.8. The highest BCUT2D eigenvalue weighted by atomic mass is 35.5. The van der Waals surface area contributed by atoms with Gasteiger partial charge in [0, 0.05) is 6.42 Å². The number of carbonyl (C=O) groups is 1. The second-order valence-electron chi connectivity index (χ2n) is 8.12. The summed E-state index contributed by atoms with van der Waals surface area (Å²) in [5.74, 6) is -0.801. The maximum absolute atomic E-state index is 13.1. The second kappa shape index (κ2) is 9.35. The van der Waals surface area contributed by atoms with E-state index in [1.165, 1.54) is 0 Å². The third-order valence-electron chi connectivity index (χ3n) is 5.47. The van der Waals surface area contributed by atoms with Crippen LogP contribution in [0.4, 0.5) is 18.9 Å². The van der Waals surface area contributed by atoms with Gasteiger partial charge in [0.2, 0.25) is 0 Å². The summed E-state index contributed by atoms with van der Waals surface area (Å²) in [6, 6.07) is 20.4. The van der Waals surface area contributed by atoms with Crippen LogP contribution in [0.25, 0.3) is 0 Å². The number of hydrogen-bond donors (Lipinski definition) is 2. The molecule has 0 heterocycles. The van der Waals surface area contributed by atoms with E-state index in [1.54, 1.807) is 74.5 Å². The zero-order valence-corrected chi connectivity index (χ0v) is 18.7. The molecule has 4 nitrogen and oxygen atoms in total. The molecule has 0 aliphatic rings. The molecule has 3 aromatic rings. The van der Waals surface area contributed by atoms with Gasteiger partial charge in [-0.05, 0) is 49.7 Å². The van der Waals surface area contributed by atoms with Crippen LogP contribution in [-0.2, 0) is 17.4 Å². The van der Waals surface area contributed by atoms with Crippen LogP contribution in [-0.4, -0.2) is 22.2 Å². The van der Waals surface area contributed by atoms with E-state index in [4.69, 9.17) is 16.3 Å². The van der Waals surface area contributed by atoms with E-state index in [-0.39, 0.29) is 17.1 Å². The summed E-state index contributed by atoms with van der Waals surface area (Å²) >= 11 is 6.16. The third-order valence-corrected chi connectivity index (χ3v) is 5.78. The third kappa shape index (κ3) is 5.42. The Morgan fingerprint density at radius 2 is 1.55 bits per heavy atom. The number of anilines is 1. The van der Waals surface area contributed by atoms with Gasteiger partial charge in [-0.2, -0.15) is 13.2 Å². The number of nitrogens with one attached hydrogen (secondary N) is 1. The van der Waals surface area contributed by atoms with Crippen molar-refractivity contribution in [1.82, 2.24) is 0 Å². The highest BCUT2D eigenvalue weighted by molar-refractivity contribution is 6.33. The Labute approximate surface area is 195 Å². The van der Waals surface area contributed by atoms with Crippen molar-refractivity contribution in [2.45, 2.75) is 37.6 Å². The van der Waals surface area contributed by atoms with Gasteiger partial charge in [-0.1, -0.05) is 60.1 Å². The maximum atomic E-state index is 13.1. The molecule has 0 radical (unpaired) electrons. The zero-order valence-electron chi connectivity index (χ0n) is 18.0. The first kappa shape index (κ1) is 24.5. The van der Waals surface area contributed by atoms with E-state index in [2.05, 4.69) is 5.32 Å². The molecule has 174 valence electrons. The minimum atomic E-state index is -4.58. The molecule has 8 heteroatoms. The number of carboxylic acid groups (broad SMARTS) is 1. The lowest BCUT2D eigenvalue weighted by Gasteiger charge is -2.44. The van der Waals surface area contributed by atoms with Gasteiger partial charge in [0.1, 0.15) is 11.4 Å². The Bertz CT molecular complexity index is 1100. The van der Waals surface area contributed by atoms with Crippen LogP contribution >= 0.6 is 11.6 Å². The molecular formula is C25H23ClF3NO3. The van der Waals surface area contributed by atoms with E-state index in [9.17, 15) is 23.1 Å². The number of ether oxygens (including phenoxy) is 1. The quantitative estimate of drug-likeness (QED) is 0.379. The number of para-hydroxylation sites is 1. The molecule has 0 unspecified atom stereocenters. The van der Waals surface area contributed by atoms with Crippen molar-refractivity contribution < 1.29 is 27.8 Å². The molecule has 0 aliphatic heterocycles. The lowest BCUT2D eigenvalue weighted by Crippen LogP contribution is -2.65. The van der Waals surface area contributed by atoms with E-state index in [0.717, 1.165) is 18.2 Å². The first-order chi connectivity index (χ1) is 15.4. The zero-order chi connectivity index (χ0) is 24.3. The van der Waals surface area contributed by atoms with Gasteiger partial charge in [-0.15, -0.1) is 0 Å². The van der Waals surface area contributed by atoms with Gasteiger partial charge in [-0.25, -0.2) is 4.79 Å². The fraction of sp³-hybridized carbons (Fsp3) is 0.240. The topological polar surface area (TPSA) is 58.6 Å². The predicted octanol–water partition coefficient (Wildman–Crippen LogP) is 6.69. The highest BCUT2D eigenvalue weighted by Gasteiger charge is 2.54. The van der Waals surface area contributed by atoms with Gasteiger partial charge < -0.3 is 15.2 Å². The molecular weight excluding hydrogens is 455 g/mol. The lowest BCUT2D eigenvalue weighted by atomic mass is 9.76. The summed E-state index contributed by atoms with van der Waals surface area (Å²) < 4.78 is 45.4. The molecule has 0 fully saturated rings. The molecule has 0 amide bonds. The molecule has 0 spiro atoms. The van der Waals surface area contributed by atoms with Gasteiger partial charge in [0.15, 0.2) is 5.54 Å². The number of carboxylic acids is 1. The Balaban J connectivity index is 2.10. The van der Waals surface area contributed by atoms with Crippen LogP contribution in [0.3, 0.4) is 0 Å². The molecule has 0 bridgehead atoms. The summed E-state index contributed by atoms with van der Waals surface area (Å²) in [6.07, 6.45) is -4.61. The van der Waals surface area contributed by atoms with Crippen molar-refractivity contribution in [3.63, 3.8) is 0 Å². The molecule has 2 N–H and O–H groups in total. The number of rotatable bonds is 8. The smallest absolute Gasteiger partial charge is 0.416 e. The summed E-state index contributed by atoms with van der Waals surface area (Å²) in [5, 5.41) is 13.1. The number of benzene rings is 3. The van der Waals surface area contributed by atoms with Gasteiger partial charge in [0.25, 0.3) is 0 Å². The maximum Gasteiger partial charge on any atom is 0.416 e. The van der Waals surface area contributed by atoms with Crippen LogP contribution in [0, 0.1) is 0 Å². The van der Waals surface area contributed by atoms with E-state index >= 15 is 0 Å². The largest absolute Gasteiger partial charge is 0.485 e. The minimum absolute atomic E-state index is 0.0274. The van der Waals surface area contributed by atoms with Crippen molar-refractivity contribution >= 4 is 23.3 Å². The summed E-state index contributed by atoms with van der Waals surface area (Å²) in [7, 11) is 0. The van der Waals surface area contributed by atoms with Crippen molar-refractivity contribution in [2.24, 2.45) is 0 Å². The Kier molecular flexibility index (Phi) is 6.93. The average Bonchev–Trinajstić information content (AvgIpc) is 2.74. The molecule has 1 atom stereocenters. The predicted molar refractivity (Wildman–Crippen MR) is 122 cm³/mol. The summed E-state index contributed by atoms with van der Waals surface area (Å²) in [6.45, 7) is 3.23. The van der Waals surface area contributed by atoms with Crippen LogP contribution in [0.5, 0.6) is 5.75 Å². The summed E-state index contributed by atoms with van der Waals surface area (Å²) in [5.41, 5.74) is -3.36. The molecule has 0 aromatic heterocycles. The number of aliphatic carboxylic acids is 1. The van der Waals surface area contributed by atoms with E-state index in [1.807, 2.05) is 0 Å². The Hall–Kier alpha value is -3.19. The van der Waals surface area contributed by atoms with E-state index in [0.29, 0.717) is 11.3 Å². The molecule has 3 rings (SSSR count). The normalized spacial score (nSPS) is 13.8. The van der Waals surface area contributed by atoms with Crippen LogP contribution in [0.15, 0.2) is 78.9 Å². The Morgan fingerprint density at radius 1 is 0.970 bits per heavy atom. The first-order valence-corrected chi connectivity index (χ1v) is 10.5. The highest BCUT2D eigenvalue weighted by Crippen LogP contribution is 2.39. The monoisotopic (exact) mass is 477 g/mol. The molecule has 0 aliphatic carbocycles. The lowest BCUT2D eigenvalue weighted by molar-refractivity contribution is -0.149. The van der Waals surface area contributed by atoms with Crippen molar-refractivity contribution in [3.8, 4) is 5.75 Å². The standard InChI is InChI=1S/C25H23ClF3NO3/c1-23(2,33-19-11-7-4-8-12-19)24(22(31)32,16-17-9-5-3-6-10-17)30-21-14-13-18(15-20(21)26)25(27,28)29/h3-15,30H,16H2,1-2H3,(H,31,32)/t24-/m0/s1. The number of alkyl halides is 3. The van der Waals surface area contributed by atoms with Crippen molar-refractivity contribution in [1.29, 1.82) is 0 Å². The fourth-order valence-electron chi connectivity index (χ4n) is 3.59. The van der Waals surface area contributed by atoms with Crippen molar-refractivity contribution in [2.75, 3.05) is 5.32 Å². The van der Waals surface area contributed by atoms with Crippen LogP contribution in [0.2, 0.25) is 5.02 Å². The number of hydrogen-bond acceptors (Lipinski definition) is 3. The molecule has 0 saturated heterocycles. The molecule has 33 heavy (non-hydrogen) atoms. The minimum Gasteiger partial charge on any atom is -0.485 e. The number of halogens is 4. The Morgan fingerprint density at radius 3 is 2.06 bits per heavy atom. The van der Waals surface area contributed by atoms with Gasteiger partial charge >= 0.3 is 12.1 Å². The second-order valence-corrected chi connectivity index (χ2v) is 8.52. The van der Waals surface area contributed by atoms with Crippen LogP contribution < -0.4 is 10.1 Å². The SMILES string of the molecule is CC(C)(Oc1ccccc1)[C@@](Cc1ccccc1)(Nc1ccc(C(F)(F)F)cc1Cl)C(=O)O. The van der Waals surface area contributed by atoms with Crippen molar-refractivity contribution in [3.05, 3.63) is 95.0 Å². The van der Waals surface area contributed by atoms with Crippen LogP contribution in [0.1, 0.15) is 25.0 Å². The molecule has 3 aromatic carbocycles. The van der Waals surface area contributed by atoms with Gasteiger partial charge in [-0.3, -0.25) is 0 Å². The average molecular weight is 478 g/mol. The van der Waals surface area contributed by atoms with Gasteiger partial charge in [0.05, 0.1) is 16.3 Å².